The highest BCUT2D eigenvalue weighted by Gasteiger charge is 2.42. The number of aromatic nitrogens is 4. The summed E-state index contributed by atoms with van der Waals surface area (Å²) in [4.78, 5) is 9.83. The number of fused-ring (bicyclic) bond motifs is 2. The van der Waals surface area contributed by atoms with E-state index in [0.29, 0.717) is 53.5 Å². The van der Waals surface area contributed by atoms with E-state index < -0.39 is 0 Å². The van der Waals surface area contributed by atoms with Crippen molar-refractivity contribution in [2.75, 3.05) is 20.9 Å². The number of hydrogen-bond donors (Lipinski definition) is 2. The van der Waals surface area contributed by atoms with Gasteiger partial charge in [0.2, 0.25) is 22.0 Å². The van der Waals surface area contributed by atoms with Gasteiger partial charge in [0.25, 0.3) is 0 Å². The van der Waals surface area contributed by atoms with Crippen molar-refractivity contribution in [3.05, 3.63) is 177 Å². The Morgan fingerprint density at radius 3 is 1.38 bits per heavy atom. The van der Waals surface area contributed by atoms with Gasteiger partial charge in [-0.05, 0) is 67.4 Å². The third-order valence-corrected chi connectivity index (χ3v) is 13.3. The Balaban J connectivity index is 0.837. The molecule has 0 bridgehead atoms. The molecule has 64 heavy (non-hydrogen) atoms. The molecule has 2 N–H and O–H groups in total. The summed E-state index contributed by atoms with van der Waals surface area (Å²) >= 11 is 15.4. The van der Waals surface area contributed by atoms with Gasteiger partial charge in [-0.25, -0.2) is 20.0 Å². The molecule has 11 rings (SSSR count). The Kier molecular flexibility index (Phi) is 10.2. The van der Waals surface area contributed by atoms with Crippen molar-refractivity contribution < 1.29 is 9.05 Å². The first-order chi connectivity index (χ1) is 31.3. The molecular weight excluding hydrogens is 888 g/mol. The van der Waals surface area contributed by atoms with Gasteiger partial charge in [-0.3, -0.25) is 10.9 Å². The lowest BCUT2D eigenvalue weighted by Crippen LogP contribution is -2.28. The highest BCUT2D eigenvalue weighted by atomic mass is 35.5. The minimum absolute atomic E-state index is 0.311. The van der Waals surface area contributed by atoms with E-state index in [2.05, 4.69) is 41.6 Å². The summed E-state index contributed by atoms with van der Waals surface area (Å²) in [5, 5.41) is 35.2. The number of hydrazine groups is 2. The smallest absolute Gasteiger partial charge is 0.249 e. The van der Waals surface area contributed by atoms with Crippen molar-refractivity contribution >= 4 is 89.3 Å². The molecule has 2 unspecified atom stereocenters. The van der Waals surface area contributed by atoms with Gasteiger partial charge in [0, 0.05) is 21.2 Å². The van der Waals surface area contributed by atoms with Crippen molar-refractivity contribution in [2.45, 2.75) is 25.9 Å². The molecule has 9 aromatic rings. The predicted octanol–water partition coefficient (Wildman–Crippen LogP) is 14.5. The molecule has 4 aromatic heterocycles. The molecule has 2 aliphatic rings. The minimum Gasteiger partial charge on any atom is -0.336 e. The average Bonchev–Trinajstić information content (AvgIpc) is 4.18. The molecule has 0 radical (unpaired) electrons. The van der Waals surface area contributed by atoms with Crippen LogP contribution in [0, 0.1) is 13.8 Å². The highest BCUT2D eigenvalue weighted by Crippen LogP contribution is 2.51. The number of benzene rings is 5. The second-order valence-corrected chi connectivity index (χ2v) is 17.6. The normalized spacial score (nSPS) is 15.6. The van der Waals surface area contributed by atoms with Crippen LogP contribution in [-0.4, -0.2) is 20.3 Å². The lowest BCUT2D eigenvalue weighted by Gasteiger charge is -2.24. The number of hydrogen-bond acceptors (Lipinski definition) is 16. The van der Waals surface area contributed by atoms with Gasteiger partial charge >= 0.3 is 0 Å². The molecule has 0 aliphatic carbocycles. The first-order valence-electron chi connectivity index (χ1n) is 20.0. The van der Waals surface area contributed by atoms with E-state index in [1.54, 1.807) is 0 Å². The Bertz CT molecular complexity index is 3000. The molecule has 314 valence electrons. The van der Waals surface area contributed by atoms with Gasteiger partial charge in [-0.15, -0.1) is 20.5 Å². The van der Waals surface area contributed by atoms with Crippen LogP contribution >= 0.6 is 45.9 Å². The summed E-state index contributed by atoms with van der Waals surface area (Å²) in [6, 6.07) is 42.2. The summed E-state index contributed by atoms with van der Waals surface area (Å²) < 4.78 is 11.7. The fraction of sp³-hybridized carbons (Fsp3) is 0.0870. The van der Waals surface area contributed by atoms with Crippen molar-refractivity contribution in [3.63, 3.8) is 0 Å². The molecule has 14 nitrogen and oxygen atoms in total. The van der Waals surface area contributed by atoms with Crippen LogP contribution in [0.5, 0.6) is 0 Å². The molecule has 0 saturated heterocycles. The third-order valence-electron chi connectivity index (χ3n) is 10.7. The zero-order valence-corrected chi connectivity index (χ0v) is 36.9. The molecule has 0 fully saturated rings. The largest absolute Gasteiger partial charge is 0.336 e. The molecular formula is C46H32Cl2N12O2S2. The van der Waals surface area contributed by atoms with E-state index in [0.717, 1.165) is 56.2 Å². The third kappa shape index (κ3) is 7.35. The Hall–Kier alpha value is -7.24. The van der Waals surface area contributed by atoms with Crippen LogP contribution < -0.4 is 20.9 Å². The van der Waals surface area contributed by atoms with Gasteiger partial charge < -0.3 is 9.05 Å². The van der Waals surface area contributed by atoms with Gasteiger partial charge in [-0.1, -0.05) is 147 Å². The molecule has 0 saturated carbocycles. The lowest BCUT2D eigenvalue weighted by atomic mass is 9.96. The van der Waals surface area contributed by atoms with E-state index in [4.69, 9.17) is 42.2 Å². The maximum Gasteiger partial charge on any atom is 0.249 e. The van der Waals surface area contributed by atoms with E-state index in [-0.39, 0.29) is 12.1 Å². The number of nitrogens with one attached hydrogen (secondary N) is 2. The number of rotatable bonds is 10. The van der Waals surface area contributed by atoms with Crippen LogP contribution in [0.4, 0.5) is 43.4 Å². The van der Waals surface area contributed by atoms with Gasteiger partial charge in [0.1, 0.15) is 23.5 Å². The number of azo groups is 2. The van der Waals surface area contributed by atoms with Crippen LogP contribution in [0.25, 0.3) is 22.5 Å². The Morgan fingerprint density at radius 1 is 0.531 bits per heavy atom. The van der Waals surface area contributed by atoms with Crippen LogP contribution in [0.2, 0.25) is 10.0 Å². The van der Waals surface area contributed by atoms with E-state index in [1.165, 1.54) is 22.7 Å². The summed E-state index contributed by atoms with van der Waals surface area (Å²) in [6.07, 6.45) is 0. The lowest BCUT2D eigenvalue weighted by molar-refractivity contribution is 0.435. The molecule has 2 aliphatic heterocycles. The van der Waals surface area contributed by atoms with Crippen LogP contribution in [0.1, 0.15) is 45.7 Å². The van der Waals surface area contributed by atoms with E-state index in [9.17, 15) is 0 Å². The maximum absolute atomic E-state index is 6.31. The van der Waals surface area contributed by atoms with Gasteiger partial charge in [-0.2, -0.15) is 0 Å². The SMILES string of the molecule is Cc1nc(N2Nc3onc(-c4ccccc4)c3C2c2ccc(Cl)cc2)sc1N=Nc1cccc(N=Nc2sc(N3Nc4onc(-c5ccccc5)c4C3c3ccc(Cl)cc3)nc2C)c1. The average molecular weight is 920 g/mol. The van der Waals surface area contributed by atoms with E-state index >= 15 is 0 Å². The maximum atomic E-state index is 6.31. The quantitative estimate of drug-likeness (QED) is 0.126. The summed E-state index contributed by atoms with van der Waals surface area (Å²) in [5.74, 6) is 1.09. The zero-order valence-electron chi connectivity index (χ0n) is 33.7. The Labute approximate surface area is 383 Å². The topological polar surface area (TPSA) is 158 Å². The zero-order chi connectivity index (χ0) is 43.3. The van der Waals surface area contributed by atoms with Crippen molar-refractivity contribution in [1.29, 1.82) is 0 Å². The number of anilines is 4. The van der Waals surface area contributed by atoms with Crippen LogP contribution in [0.15, 0.2) is 163 Å². The molecule has 2 atom stereocenters. The number of nitrogens with zero attached hydrogens (tertiary/aromatic N) is 10. The van der Waals surface area contributed by atoms with E-state index in [1.807, 2.05) is 157 Å². The summed E-state index contributed by atoms with van der Waals surface area (Å²) in [6.45, 7) is 3.82. The molecule has 0 spiro atoms. The molecule has 5 aromatic carbocycles. The van der Waals surface area contributed by atoms with Crippen molar-refractivity contribution in [3.8, 4) is 22.5 Å². The Morgan fingerprint density at radius 2 is 0.953 bits per heavy atom. The molecule has 18 heteroatoms. The minimum atomic E-state index is -0.311. The predicted molar refractivity (Wildman–Crippen MR) is 251 cm³/mol. The van der Waals surface area contributed by atoms with Crippen molar-refractivity contribution in [1.82, 2.24) is 20.3 Å². The number of thiazole rings is 2. The van der Waals surface area contributed by atoms with Crippen molar-refractivity contribution in [2.24, 2.45) is 20.5 Å². The fourth-order valence-corrected chi connectivity index (χ4v) is 9.69. The molecule has 6 heterocycles. The highest BCUT2D eigenvalue weighted by molar-refractivity contribution is 7.19. The fourth-order valence-electron chi connectivity index (χ4n) is 7.68. The van der Waals surface area contributed by atoms with Crippen LogP contribution in [0.3, 0.4) is 0 Å². The number of aryl methyl sites for hydroxylation is 2. The van der Waals surface area contributed by atoms with Gasteiger partial charge in [0.15, 0.2) is 10.0 Å². The van der Waals surface area contributed by atoms with Crippen LogP contribution in [-0.2, 0) is 0 Å². The molecule has 0 amide bonds. The first-order valence-corrected chi connectivity index (χ1v) is 22.3. The summed E-state index contributed by atoms with van der Waals surface area (Å²) in [7, 11) is 0. The second-order valence-electron chi connectivity index (χ2n) is 14.8. The summed E-state index contributed by atoms with van der Waals surface area (Å²) in [5.41, 5.74) is 16.6. The number of halogens is 2. The second kappa shape index (κ2) is 16.5. The first kappa shape index (κ1) is 39.6. The standard InChI is InChI=1S/C46H32Cl2N12O2S2/c1-25-43(63-45(49-25)59-39(29-16-20-31(47)21-17-29)35-37(57-61-41(35)55-59)27-10-5-3-6-11-27)53-51-33-14-9-15-34(24-33)52-54-44-26(2)50-46(64-44)60-40(30-18-22-32(48)23-19-30)36-38(58-62-42(36)56-60)28-12-7-4-8-13-28/h3-24,39-40,55-56H,1-2H3. The monoisotopic (exact) mass is 918 g/mol. The van der Waals surface area contributed by atoms with Gasteiger partial charge in [0.05, 0.1) is 33.9 Å².